The highest BCUT2D eigenvalue weighted by Crippen LogP contribution is 2.19. The lowest BCUT2D eigenvalue weighted by molar-refractivity contribution is -0.118. The van der Waals surface area contributed by atoms with E-state index < -0.39 is 10.0 Å². The minimum Gasteiger partial charge on any atom is -0.484 e. The quantitative estimate of drug-likeness (QED) is 0.607. The summed E-state index contributed by atoms with van der Waals surface area (Å²) in [6.07, 6.45) is 0. The van der Waals surface area contributed by atoms with E-state index in [-0.39, 0.29) is 23.5 Å². The number of nitrogens with one attached hydrogen (secondary N) is 1. The monoisotopic (exact) mass is 488 g/mol. The minimum atomic E-state index is -3.54. The largest absolute Gasteiger partial charge is 0.484 e. The molecule has 26 heavy (non-hydrogen) atoms. The maximum Gasteiger partial charge on any atom is 0.262 e. The summed E-state index contributed by atoms with van der Waals surface area (Å²) in [6.45, 7) is 3.48. The predicted octanol–water partition coefficient (Wildman–Crippen LogP) is 3.34. The summed E-state index contributed by atoms with van der Waals surface area (Å²) in [5.74, 6) is 0.289. The summed E-state index contributed by atoms with van der Waals surface area (Å²) in [7, 11) is -2.00. The highest BCUT2D eigenvalue weighted by molar-refractivity contribution is 14.1. The maximum atomic E-state index is 12.4. The van der Waals surface area contributed by atoms with Crippen molar-refractivity contribution in [2.45, 2.75) is 24.8 Å². The van der Waals surface area contributed by atoms with E-state index in [1.807, 2.05) is 12.1 Å². The number of sulfonamides is 1. The van der Waals surface area contributed by atoms with Crippen LogP contribution in [0.5, 0.6) is 5.75 Å². The second-order valence-electron chi connectivity index (χ2n) is 5.93. The molecule has 0 spiro atoms. The first kappa shape index (κ1) is 20.7. The van der Waals surface area contributed by atoms with Crippen LogP contribution in [0.3, 0.4) is 0 Å². The van der Waals surface area contributed by atoms with Gasteiger partial charge in [0.15, 0.2) is 6.61 Å². The van der Waals surface area contributed by atoms with Gasteiger partial charge in [-0.05, 0) is 85.0 Å². The van der Waals surface area contributed by atoms with Crippen molar-refractivity contribution in [2.24, 2.45) is 0 Å². The fraction of sp³-hybridized carbons (Fsp3) is 0.278. The van der Waals surface area contributed by atoms with Crippen LogP contribution in [-0.4, -0.2) is 38.3 Å². The third-order valence-electron chi connectivity index (χ3n) is 3.73. The molecule has 6 nitrogen and oxygen atoms in total. The topological polar surface area (TPSA) is 75.7 Å². The molecule has 0 saturated carbocycles. The number of carbonyl (C=O) groups excluding carboxylic acids is 1. The average molecular weight is 488 g/mol. The van der Waals surface area contributed by atoms with E-state index in [9.17, 15) is 13.2 Å². The Morgan fingerprint density at radius 3 is 2.23 bits per heavy atom. The summed E-state index contributed by atoms with van der Waals surface area (Å²) in [4.78, 5) is 12.2. The second kappa shape index (κ2) is 8.83. The van der Waals surface area contributed by atoms with Crippen LogP contribution < -0.4 is 10.1 Å². The first-order valence-electron chi connectivity index (χ1n) is 7.96. The zero-order valence-electron chi connectivity index (χ0n) is 14.8. The SMILES string of the molecule is CC(C)N(C)S(=O)(=O)c1ccc(NC(=O)COc2ccc(I)cc2)cc1. The van der Waals surface area contributed by atoms with E-state index in [1.165, 1.54) is 23.5 Å². The lowest BCUT2D eigenvalue weighted by Gasteiger charge is -2.21. The lowest BCUT2D eigenvalue weighted by Crippen LogP contribution is -2.33. The molecule has 0 bridgehead atoms. The highest BCUT2D eigenvalue weighted by atomic mass is 127. The molecule has 0 saturated heterocycles. The molecule has 0 aromatic heterocycles. The van der Waals surface area contributed by atoms with Gasteiger partial charge in [0.25, 0.3) is 5.91 Å². The Hall–Kier alpha value is -1.65. The van der Waals surface area contributed by atoms with Crippen molar-refractivity contribution >= 4 is 44.2 Å². The Labute approximate surface area is 167 Å². The molecule has 0 atom stereocenters. The van der Waals surface area contributed by atoms with Crippen LogP contribution in [0.4, 0.5) is 5.69 Å². The van der Waals surface area contributed by atoms with Gasteiger partial charge in [0.05, 0.1) is 4.90 Å². The molecule has 2 rings (SSSR count). The van der Waals surface area contributed by atoms with Crippen molar-refractivity contribution in [1.82, 2.24) is 4.31 Å². The normalized spacial score (nSPS) is 11.6. The molecule has 0 unspecified atom stereocenters. The van der Waals surface area contributed by atoms with Gasteiger partial charge in [-0.15, -0.1) is 0 Å². The number of hydrogen-bond acceptors (Lipinski definition) is 4. The minimum absolute atomic E-state index is 0.128. The van der Waals surface area contributed by atoms with Crippen molar-refractivity contribution in [3.05, 3.63) is 52.1 Å². The van der Waals surface area contributed by atoms with Crippen LogP contribution in [0.2, 0.25) is 0 Å². The molecule has 0 aliphatic heterocycles. The van der Waals surface area contributed by atoms with Crippen molar-refractivity contribution in [3.8, 4) is 5.75 Å². The van der Waals surface area contributed by atoms with Gasteiger partial charge in [-0.3, -0.25) is 4.79 Å². The molecule has 2 aromatic carbocycles. The van der Waals surface area contributed by atoms with Crippen LogP contribution in [0.15, 0.2) is 53.4 Å². The molecule has 0 aliphatic carbocycles. The molecule has 0 aliphatic rings. The fourth-order valence-corrected chi connectivity index (χ4v) is 3.76. The number of nitrogens with zero attached hydrogens (tertiary/aromatic N) is 1. The van der Waals surface area contributed by atoms with E-state index >= 15 is 0 Å². The van der Waals surface area contributed by atoms with Crippen molar-refractivity contribution in [1.29, 1.82) is 0 Å². The van der Waals surface area contributed by atoms with Gasteiger partial charge in [-0.2, -0.15) is 4.31 Å². The second-order valence-corrected chi connectivity index (χ2v) is 9.17. The van der Waals surface area contributed by atoms with E-state index in [2.05, 4.69) is 27.9 Å². The summed E-state index contributed by atoms with van der Waals surface area (Å²) in [5, 5.41) is 2.68. The van der Waals surface area contributed by atoms with Crippen molar-refractivity contribution < 1.29 is 17.9 Å². The van der Waals surface area contributed by atoms with Crippen molar-refractivity contribution in [3.63, 3.8) is 0 Å². The first-order chi connectivity index (χ1) is 12.2. The number of anilines is 1. The Kier molecular flexibility index (Phi) is 7.01. The third kappa shape index (κ3) is 5.42. The maximum absolute atomic E-state index is 12.4. The van der Waals surface area contributed by atoms with Crippen LogP contribution in [-0.2, 0) is 14.8 Å². The van der Waals surface area contributed by atoms with E-state index in [0.29, 0.717) is 11.4 Å². The number of hydrogen-bond donors (Lipinski definition) is 1. The summed E-state index contributed by atoms with van der Waals surface area (Å²) in [6, 6.07) is 13.3. The number of amides is 1. The smallest absolute Gasteiger partial charge is 0.262 e. The van der Waals surface area contributed by atoms with Crippen molar-refractivity contribution in [2.75, 3.05) is 19.0 Å². The number of benzene rings is 2. The molecule has 0 radical (unpaired) electrons. The Morgan fingerprint density at radius 2 is 1.69 bits per heavy atom. The zero-order valence-corrected chi connectivity index (χ0v) is 17.7. The van der Waals surface area contributed by atoms with Gasteiger partial charge in [0.1, 0.15) is 5.75 Å². The van der Waals surface area contributed by atoms with Gasteiger partial charge in [-0.1, -0.05) is 0 Å². The Morgan fingerprint density at radius 1 is 1.12 bits per heavy atom. The molecule has 8 heteroatoms. The molecule has 0 fully saturated rings. The molecule has 1 N–H and O–H groups in total. The van der Waals surface area contributed by atoms with Gasteiger partial charge in [-0.25, -0.2) is 8.42 Å². The molecule has 140 valence electrons. The number of halogens is 1. The lowest BCUT2D eigenvalue weighted by atomic mass is 10.3. The van der Waals surface area contributed by atoms with Crippen LogP contribution in [0.1, 0.15) is 13.8 Å². The summed E-state index contributed by atoms with van der Waals surface area (Å²) >= 11 is 2.19. The van der Waals surface area contributed by atoms with Crippen LogP contribution >= 0.6 is 22.6 Å². The standard InChI is InChI=1S/C18H21IN2O4S/c1-13(2)21(3)26(23,24)17-10-6-15(7-11-17)20-18(22)12-25-16-8-4-14(19)5-9-16/h4-11,13H,12H2,1-3H3,(H,20,22). The van der Waals surface area contributed by atoms with Gasteiger partial charge >= 0.3 is 0 Å². The zero-order chi connectivity index (χ0) is 19.3. The van der Waals surface area contributed by atoms with Gasteiger partial charge in [0, 0.05) is 22.3 Å². The van der Waals surface area contributed by atoms with Gasteiger partial charge < -0.3 is 10.1 Å². The van der Waals surface area contributed by atoms with Crippen LogP contribution in [0, 0.1) is 3.57 Å². The number of ether oxygens (including phenoxy) is 1. The Bertz CT molecular complexity index is 850. The molecular formula is C18H21IN2O4S. The van der Waals surface area contributed by atoms with E-state index in [0.717, 1.165) is 3.57 Å². The molecular weight excluding hydrogens is 467 g/mol. The summed E-state index contributed by atoms with van der Waals surface area (Å²) in [5.41, 5.74) is 0.507. The number of carbonyl (C=O) groups is 1. The third-order valence-corrected chi connectivity index (χ3v) is 6.49. The number of rotatable bonds is 7. The van der Waals surface area contributed by atoms with E-state index in [4.69, 9.17) is 4.74 Å². The van der Waals surface area contributed by atoms with Gasteiger partial charge in [0.2, 0.25) is 10.0 Å². The fourth-order valence-electron chi connectivity index (χ4n) is 2.03. The first-order valence-corrected chi connectivity index (χ1v) is 10.5. The molecule has 1 amide bonds. The summed E-state index contributed by atoms with van der Waals surface area (Å²) < 4.78 is 32.6. The highest BCUT2D eigenvalue weighted by Gasteiger charge is 2.22. The average Bonchev–Trinajstić information content (AvgIpc) is 2.61. The molecule has 0 heterocycles. The predicted molar refractivity (Wildman–Crippen MR) is 110 cm³/mol. The van der Waals surface area contributed by atoms with E-state index in [1.54, 1.807) is 38.1 Å². The van der Waals surface area contributed by atoms with Crippen LogP contribution in [0.25, 0.3) is 0 Å². The molecule has 2 aromatic rings. The Balaban J connectivity index is 1.96.